The number of nitrogens with two attached hydrogens (primary N) is 1. The molecule has 20 heavy (non-hydrogen) atoms. The van der Waals surface area contributed by atoms with Crippen LogP contribution in [0.2, 0.25) is 0 Å². The summed E-state index contributed by atoms with van der Waals surface area (Å²) in [6.45, 7) is 2.27. The first-order valence-corrected chi connectivity index (χ1v) is 7.32. The van der Waals surface area contributed by atoms with Crippen molar-refractivity contribution in [2.45, 2.75) is 44.9 Å². The number of hydrogen-bond acceptors (Lipinski definition) is 5. The molecule has 1 saturated carbocycles. The maximum absolute atomic E-state index is 5.89. The molecule has 0 atom stereocenters. The largest absolute Gasteiger partial charge is 0.397 e. The average molecular weight is 272 g/mol. The van der Waals surface area contributed by atoms with Gasteiger partial charge in [-0.3, -0.25) is 0 Å². The molecule has 2 aromatic heterocycles. The van der Waals surface area contributed by atoms with Gasteiger partial charge in [-0.05, 0) is 43.7 Å². The van der Waals surface area contributed by atoms with E-state index in [-0.39, 0.29) is 0 Å². The van der Waals surface area contributed by atoms with E-state index in [0.29, 0.717) is 23.2 Å². The van der Waals surface area contributed by atoms with Crippen molar-refractivity contribution < 1.29 is 4.52 Å². The van der Waals surface area contributed by atoms with Crippen molar-refractivity contribution in [3.63, 3.8) is 0 Å². The summed E-state index contributed by atoms with van der Waals surface area (Å²) >= 11 is 0. The number of rotatable bonds is 3. The molecule has 106 valence electrons. The van der Waals surface area contributed by atoms with Gasteiger partial charge in [-0.15, -0.1) is 0 Å². The van der Waals surface area contributed by atoms with Crippen molar-refractivity contribution in [3.05, 3.63) is 24.2 Å². The summed E-state index contributed by atoms with van der Waals surface area (Å²) in [7, 11) is 0. The van der Waals surface area contributed by atoms with Crippen LogP contribution in [0.25, 0.3) is 11.6 Å². The highest BCUT2D eigenvalue weighted by Crippen LogP contribution is 2.36. The van der Waals surface area contributed by atoms with Gasteiger partial charge in [0.1, 0.15) is 0 Å². The molecular weight excluding hydrogens is 252 g/mol. The first-order chi connectivity index (χ1) is 9.78. The van der Waals surface area contributed by atoms with E-state index in [1.165, 1.54) is 19.3 Å². The quantitative estimate of drug-likeness (QED) is 0.926. The lowest BCUT2D eigenvalue weighted by Gasteiger charge is -2.25. The molecule has 0 spiro atoms. The Kier molecular flexibility index (Phi) is 3.67. The number of hydrogen-bond donors (Lipinski definition) is 1. The maximum Gasteiger partial charge on any atom is 0.278 e. The molecule has 2 aromatic rings. The Morgan fingerprint density at radius 3 is 2.80 bits per heavy atom. The molecule has 2 heterocycles. The summed E-state index contributed by atoms with van der Waals surface area (Å²) in [5, 5.41) is 4.13. The number of anilines is 1. The number of nitrogen functional groups attached to an aromatic ring is 1. The third-order valence-corrected chi connectivity index (χ3v) is 4.27. The number of aromatic nitrogens is 3. The van der Waals surface area contributed by atoms with Gasteiger partial charge in [0, 0.05) is 12.1 Å². The van der Waals surface area contributed by atoms with Gasteiger partial charge < -0.3 is 10.3 Å². The Labute approximate surface area is 118 Å². The van der Waals surface area contributed by atoms with E-state index in [1.807, 2.05) is 0 Å². The van der Waals surface area contributed by atoms with Gasteiger partial charge in [-0.1, -0.05) is 18.5 Å². The van der Waals surface area contributed by atoms with Crippen LogP contribution < -0.4 is 5.73 Å². The zero-order valence-electron chi connectivity index (χ0n) is 11.7. The first-order valence-electron chi connectivity index (χ1n) is 7.32. The summed E-state index contributed by atoms with van der Waals surface area (Å²) in [5.74, 6) is 2.51. The molecule has 1 fully saturated rings. The molecular formula is C15H20N4O. The highest BCUT2D eigenvalue weighted by molar-refractivity contribution is 5.65. The molecule has 5 nitrogen and oxygen atoms in total. The smallest absolute Gasteiger partial charge is 0.278 e. The molecule has 0 amide bonds. The Morgan fingerprint density at radius 1 is 1.30 bits per heavy atom. The van der Waals surface area contributed by atoms with E-state index < -0.39 is 0 Å². The summed E-state index contributed by atoms with van der Waals surface area (Å²) in [5.41, 5.74) is 7.03. The topological polar surface area (TPSA) is 77.8 Å². The zero-order chi connectivity index (χ0) is 13.9. The van der Waals surface area contributed by atoms with Crippen molar-refractivity contribution in [2.75, 3.05) is 5.73 Å². The van der Waals surface area contributed by atoms with E-state index in [9.17, 15) is 0 Å². The molecule has 2 N–H and O–H groups in total. The molecule has 0 aromatic carbocycles. The average Bonchev–Trinajstić information content (AvgIpc) is 2.97. The number of nitrogens with zero attached hydrogens (tertiary/aromatic N) is 3. The standard InChI is InChI=1S/C15H20N4O/c1-2-10-5-7-11(8-6-10)14-18-15(20-19-14)13-12(16)4-3-9-17-13/h3-4,9-11H,2,5-8,16H2,1H3. The van der Waals surface area contributed by atoms with Gasteiger partial charge in [0.05, 0.1) is 5.69 Å². The molecule has 0 unspecified atom stereocenters. The molecule has 0 radical (unpaired) electrons. The van der Waals surface area contributed by atoms with E-state index in [0.717, 1.165) is 24.6 Å². The van der Waals surface area contributed by atoms with Crippen molar-refractivity contribution in [3.8, 4) is 11.6 Å². The summed E-state index contributed by atoms with van der Waals surface area (Å²) in [4.78, 5) is 8.71. The molecule has 1 aliphatic carbocycles. The number of pyridine rings is 1. The Balaban J connectivity index is 1.76. The second kappa shape index (κ2) is 5.61. The monoisotopic (exact) mass is 272 g/mol. The second-order valence-electron chi connectivity index (χ2n) is 5.52. The van der Waals surface area contributed by atoms with Crippen LogP contribution in [0.3, 0.4) is 0 Å². The van der Waals surface area contributed by atoms with Crippen molar-refractivity contribution in [1.29, 1.82) is 0 Å². The SMILES string of the molecule is CCC1CCC(c2noc(-c3ncccc3N)n2)CC1. The van der Waals surface area contributed by atoms with Crippen LogP contribution in [0, 0.1) is 5.92 Å². The van der Waals surface area contributed by atoms with Gasteiger partial charge in [0.2, 0.25) is 0 Å². The summed E-state index contributed by atoms with van der Waals surface area (Å²) in [6.07, 6.45) is 7.77. The summed E-state index contributed by atoms with van der Waals surface area (Å²) in [6, 6.07) is 3.58. The maximum atomic E-state index is 5.89. The van der Waals surface area contributed by atoms with E-state index in [2.05, 4.69) is 22.0 Å². The molecule has 3 rings (SSSR count). The molecule has 0 bridgehead atoms. The lowest BCUT2D eigenvalue weighted by atomic mass is 9.80. The molecule has 0 saturated heterocycles. The van der Waals surface area contributed by atoms with E-state index >= 15 is 0 Å². The predicted octanol–water partition coefficient (Wildman–Crippen LogP) is 3.40. The third-order valence-electron chi connectivity index (χ3n) is 4.27. The normalized spacial score (nSPS) is 22.9. The first kappa shape index (κ1) is 13.1. The minimum absolute atomic E-state index is 0.417. The fraction of sp³-hybridized carbons (Fsp3) is 0.533. The highest BCUT2D eigenvalue weighted by Gasteiger charge is 2.25. The molecule has 1 aliphatic rings. The Morgan fingerprint density at radius 2 is 2.10 bits per heavy atom. The molecule has 5 heteroatoms. The minimum Gasteiger partial charge on any atom is -0.397 e. The van der Waals surface area contributed by atoms with Gasteiger partial charge in [0.25, 0.3) is 5.89 Å². The fourth-order valence-corrected chi connectivity index (χ4v) is 2.92. The van der Waals surface area contributed by atoms with E-state index in [4.69, 9.17) is 10.3 Å². The molecule has 0 aliphatic heterocycles. The highest BCUT2D eigenvalue weighted by atomic mass is 16.5. The third kappa shape index (κ3) is 2.53. The Bertz CT molecular complexity index is 573. The van der Waals surface area contributed by atoms with Crippen molar-refractivity contribution in [1.82, 2.24) is 15.1 Å². The van der Waals surface area contributed by atoms with Crippen LogP contribution in [0.5, 0.6) is 0 Å². The second-order valence-corrected chi connectivity index (χ2v) is 5.52. The fourth-order valence-electron chi connectivity index (χ4n) is 2.92. The van der Waals surface area contributed by atoms with E-state index in [1.54, 1.807) is 18.3 Å². The van der Waals surface area contributed by atoms with Crippen LogP contribution in [0.15, 0.2) is 22.9 Å². The zero-order valence-corrected chi connectivity index (χ0v) is 11.7. The van der Waals surface area contributed by atoms with Gasteiger partial charge >= 0.3 is 0 Å². The van der Waals surface area contributed by atoms with Crippen LogP contribution in [-0.4, -0.2) is 15.1 Å². The van der Waals surface area contributed by atoms with Crippen LogP contribution in [-0.2, 0) is 0 Å². The van der Waals surface area contributed by atoms with Crippen LogP contribution in [0.4, 0.5) is 5.69 Å². The lowest BCUT2D eigenvalue weighted by molar-refractivity contribution is 0.305. The summed E-state index contributed by atoms with van der Waals surface area (Å²) < 4.78 is 5.33. The van der Waals surface area contributed by atoms with Gasteiger partial charge in [0.15, 0.2) is 11.5 Å². The van der Waals surface area contributed by atoms with Gasteiger partial charge in [-0.2, -0.15) is 4.98 Å². The minimum atomic E-state index is 0.417. The van der Waals surface area contributed by atoms with Crippen LogP contribution in [0.1, 0.15) is 50.8 Å². The Hall–Kier alpha value is -1.91. The van der Waals surface area contributed by atoms with Crippen molar-refractivity contribution >= 4 is 5.69 Å². The van der Waals surface area contributed by atoms with Crippen LogP contribution >= 0.6 is 0 Å². The lowest BCUT2D eigenvalue weighted by Crippen LogP contribution is -2.13. The van der Waals surface area contributed by atoms with Crippen molar-refractivity contribution in [2.24, 2.45) is 5.92 Å². The predicted molar refractivity (Wildman–Crippen MR) is 76.9 cm³/mol. The van der Waals surface area contributed by atoms with Gasteiger partial charge in [-0.25, -0.2) is 4.98 Å².